The van der Waals surface area contributed by atoms with E-state index in [4.69, 9.17) is 4.74 Å². The minimum atomic E-state index is 0.381. The molecule has 3 saturated heterocycles. The van der Waals surface area contributed by atoms with E-state index in [0.29, 0.717) is 18.2 Å². The first-order valence-electron chi connectivity index (χ1n) is 8.07. The maximum absolute atomic E-state index is 5.91. The molecule has 3 heterocycles. The van der Waals surface area contributed by atoms with Gasteiger partial charge in [-0.25, -0.2) is 0 Å². The van der Waals surface area contributed by atoms with Crippen molar-refractivity contribution in [1.29, 1.82) is 0 Å². The predicted molar refractivity (Wildman–Crippen MR) is 77.5 cm³/mol. The molecular formula is C15H29N3O. The molecule has 4 nitrogen and oxygen atoms in total. The minimum absolute atomic E-state index is 0.381. The highest BCUT2D eigenvalue weighted by Crippen LogP contribution is 2.27. The molecule has 0 amide bonds. The average molecular weight is 267 g/mol. The second-order valence-corrected chi connectivity index (χ2v) is 6.63. The first-order valence-corrected chi connectivity index (χ1v) is 8.07. The van der Waals surface area contributed by atoms with Crippen molar-refractivity contribution < 1.29 is 4.74 Å². The molecule has 4 heteroatoms. The van der Waals surface area contributed by atoms with Gasteiger partial charge in [-0.3, -0.25) is 9.80 Å². The molecule has 1 N–H and O–H groups in total. The van der Waals surface area contributed by atoms with E-state index in [0.717, 1.165) is 32.3 Å². The summed E-state index contributed by atoms with van der Waals surface area (Å²) >= 11 is 0. The van der Waals surface area contributed by atoms with Crippen LogP contribution < -0.4 is 5.32 Å². The Bertz CT molecular complexity index is 297. The smallest absolute Gasteiger partial charge is 0.0826 e. The van der Waals surface area contributed by atoms with Gasteiger partial charge in [0.2, 0.25) is 0 Å². The standard InChI is InChI=1S/C15H29N3O/c1-12(2)18-8-9-19-13(11-18)10-16-14-5-7-17-6-3-4-15(14)17/h12-16H,3-11H2,1-2H3. The number of morpholine rings is 1. The molecule has 3 aliphatic heterocycles. The zero-order valence-electron chi connectivity index (χ0n) is 12.5. The summed E-state index contributed by atoms with van der Waals surface area (Å²) in [5.41, 5.74) is 0. The summed E-state index contributed by atoms with van der Waals surface area (Å²) in [7, 11) is 0. The Hall–Kier alpha value is -0.160. The van der Waals surface area contributed by atoms with Crippen LogP contribution in [0.5, 0.6) is 0 Å². The maximum atomic E-state index is 5.91. The fraction of sp³-hybridized carbons (Fsp3) is 1.00. The van der Waals surface area contributed by atoms with Crippen LogP contribution in [-0.2, 0) is 4.74 Å². The molecule has 3 rings (SSSR count). The minimum Gasteiger partial charge on any atom is -0.374 e. The van der Waals surface area contributed by atoms with Crippen molar-refractivity contribution in [2.45, 2.75) is 57.3 Å². The van der Waals surface area contributed by atoms with Crippen LogP contribution in [0.3, 0.4) is 0 Å². The molecule has 0 aromatic heterocycles. The first kappa shape index (κ1) is 13.8. The number of hydrogen-bond acceptors (Lipinski definition) is 4. The fourth-order valence-corrected chi connectivity index (χ4v) is 3.94. The molecule has 0 aliphatic carbocycles. The van der Waals surface area contributed by atoms with Crippen LogP contribution in [0.15, 0.2) is 0 Å². The van der Waals surface area contributed by atoms with Gasteiger partial charge < -0.3 is 10.1 Å². The monoisotopic (exact) mass is 267 g/mol. The third kappa shape index (κ3) is 3.13. The molecule has 0 aromatic rings. The van der Waals surface area contributed by atoms with Crippen molar-refractivity contribution >= 4 is 0 Å². The summed E-state index contributed by atoms with van der Waals surface area (Å²) in [5.74, 6) is 0. The number of rotatable bonds is 4. The lowest BCUT2D eigenvalue weighted by Crippen LogP contribution is -2.51. The Kier molecular flexibility index (Phi) is 4.42. The highest BCUT2D eigenvalue weighted by molar-refractivity contribution is 4.96. The molecule has 0 aromatic carbocycles. The van der Waals surface area contributed by atoms with Gasteiger partial charge in [-0.05, 0) is 39.7 Å². The van der Waals surface area contributed by atoms with Gasteiger partial charge in [0, 0.05) is 44.3 Å². The van der Waals surface area contributed by atoms with Crippen LogP contribution in [-0.4, -0.2) is 73.4 Å². The SMILES string of the molecule is CC(C)N1CCOC(CNC2CCN3CCCC23)C1. The first-order chi connectivity index (χ1) is 9.24. The van der Waals surface area contributed by atoms with E-state index in [9.17, 15) is 0 Å². The van der Waals surface area contributed by atoms with Gasteiger partial charge >= 0.3 is 0 Å². The third-order valence-electron chi connectivity index (χ3n) is 5.11. The van der Waals surface area contributed by atoms with Gasteiger partial charge in [-0.15, -0.1) is 0 Å². The number of hydrogen-bond donors (Lipinski definition) is 1. The van der Waals surface area contributed by atoms with Crippen molar-refractivity contribution in [2.75, 3.05) is 39.3 Å². The summed E-state index contributed by atoms with van der Waals surface area (Å²) in [5, 5.41) is 3.79. The quantitative estimate of drug-likeness (QED) is 0.820. The van der Waals surface area contributed by atoms with E-state index >= 15 is 0 Å². The molecule has 0 saturated carbocycles. The normalized spacial score (nSPS) is 37.1. The Morgan fingerprint density at radius 3 is 2.95 bits per heavy atom. The zero-order valence-corrected chi connectivity index (χ0v) is 12.5. The molecule has 3 unspecified atom stereocenters. The van der Waals surface area contributed by atoms with Gasteiger partial charge in [0.1, 0.15) is 0 Å². The van der Waals surface area contributed by atoms with Crippen molar-refractivity contribution in [3.05, 3.63) is 0 Å². The molecule has 3 fully saturated rings. The van der Waals surface area contributed by atoms with Gasteiger partial charge in [0.05, 0.1) is 12.7 Å². The van der Waals surface area contributed by atoms with E-state index in [1.165, 1.54) is 32.4 Å². The Balaban J connectivity index is 1.44. The van der Waals surface area contributed by atoms with Crippen LogP contribution in [0.4, 0.5) is 0 Å². The molecule has 19 heavy (non-hydrogen) atoms. The van der Waals surface area contributed by atoms with Crippen molar-refractivity contribution in [2.24, 2.45) is 0 Å². The lowest BCUT2D eigenvalue weighted by atomic mass is 10.1. The molecule has 110 valence electrons. The van der Waals surface area contributed by atoms with Crippen molar-refractivity contribution in [1.82, 2.24) is 15.1 Å². The molecule has 3 aliphatic rings. The highest BCUT2D eigenvalue weighted by Gasteiger charge is 2.37. The predicted octanol–water partition coefficient (Wildman–Crippen LogP) is 0.922. The van der Waals surface area contributed by atoms with E-state index < -0.39 is 0 Å². The number of ether oxygens (including phenoxy) is 1. The summed E-state index contributed by atoms with van der Waals surface area (Å²) in [6.07, 6.45) is 4.49. The molecule has 0 spiro atoms. The van der Waals surface area contributed by atoms with Crippen molar-refractivity contribution in [3.8, 4) is 0 Å². The third-order valence-corrected chi connectivity index (χ3v) is 5.11. The van der Waals surface area contributed by atoms with Crippen LogP contribution in [0.25, 0.3) is 0 Å². The zero-order chi connectivity index (χ0) is 13.2. The molecule has 3 atom stereocenters. The van der Waals surface area contributed by atoms with Crippen LogP contribution in [0.1, 0.15) is 33.1 Å². The van der Waals surface area contributed by atoms with Crippen LogP contribution >= 0.6 is 0 Å². The maximum Gasteiger partial charge on any atom is 0.0826 e. The summed E-state index contributed by atoms with van der Waals surface area (Å²) in [4.78, 5) is 5.20. The van der Waals surface area contributed by atoms with Gasteiger partial charge in [-0.2, -0.15) is 0 Å². The molecule has 0 radical (unpaired) electrons. The number of fused-ring (bicyclic) bond motifs is 1. The van der Waals surface area contributed by atoms with Crippen molar-refractivity contribution in [3.63, 3.8) is 0 Å². The Morgan fingerprint density at radius 2 is 2.11 bits per heavy atom. The van der Waals surface area contributed by atoms with Gasteiger partial charge in [0.25, 0.3) is 0 Å². The largest absolute Gasteiger partial charge is 0.374 e. The van der Waals surface area contributed by atoms with E-state index in [2.05, 4.69) is 29.0 Å². The summed E-state index contributed by atoms with van der Waals surface area (Å²) in [6, 6.07) is 2.16. The summed E-state index contributed by atoms with van der Waals surface area (Å²) < 4.78 is 5.91. The fourth-order valence-electron chi connectivity index (χ4n) is 3.94. The molecule has 0 bridgehead atoms. The van der Waals surface area contributed by atoms with Gasteiger partial charge in [0.15, 0.2) is 0 Å². The summed E-state index contributed by atoms with van der Waals surface area (Å²) in [6.45, 7) is 11.3. The Morgan fingerprint density at radius 1 is 1.21 bits per heavy atom. The number of nitrogens with one attached hydrogen (secondary N) is 1. The van der Waals surface area contributed by atoms with Crippen LogP contribution in [0, 0.1) is 0 Å². The Labute approximate surface area is 117 Å². The van der Waals surface area contributed by atoms with E-state index in [1.54, 1.807) is 0 Å². The lowest BCUT2D eigenvalue weighted by molar-refractivity contribution is -0.0383. The second kappa shape index (κ2) is 6.08. The van der Waals surface area contributed by atoms with E-state index in [-0.39, 0.29) is 0 Å². The highest BCUT2D eigenvalue weighted by atomic mass is 16.5. The topological polar surface area (TPSA) is 27.7 Å². The second-order valence-electron chi connectivity index (χ2n) is 6.63. The van der Waals surface area contributed by atoms with Gasteiger partial charge in [-0.1, -0.05) is 0 Å². The average Bonchev–Trinajstić information content (AvgIpc) is 3.00. The lowest BCUT2D eigenvalue weighted by Gasteiger charge is -2.36. The number of nitrogens with zero attached hydrogens (tertiary/aromatic N) is 2. The molecular weight excluding hydrogens is 238 g/mol. The van der Waals surface area contributed by atoms with E-state index in [1.807, 2.05) is 0 Å². The van der Waals surface area contributed by atoms with Crippen LogP contribution in [0.2, 0.25) is 0 Å².